The highest BCUT2D eigenvalue weighted by molar-refractivity contribution is 5.87. The van der Waals surface area contributed by atoms with Gasteiger partial charge in [-0.1, -0.05) is 0 Å². The highest BCUT2D eigenvalue weighted by Crippen LogP contribution is 2.19. The predicted octanol–water partition coefficient (Wildman–Crippen LogP) is 3.11. The number of halogens is 1. The smallest absolute Gasteiger partial charge is 0.408 e. The van der Waals surface area contributed by atoms with E-state index >= 15 is 0 Å². The lowest BCUT2D eigenvalue weighted by Crippen LogP contribution is -2.34. The summed E-state index contributed by atoms with van der Waals surface area (Å²) >= 11 is 0. The van der Waals surface area contributed by atoms with Gasteiger partial charge in [0.15, 0.2) is 0 Å². The molecule has 0 fully saturated rings. The summed E-state index contributed by atoms with van der Waals surface area (Å²) in [5.74, 6) is -1.74. The lowest BCUT2D eigenvalue weighted by atomic mass is 10.0. The van der Waals surface area contributed by atoms with E-state index in [0.717, 1.165) is 6.07 Å². The Hall–Kier alpha value is -2.11. The number of hydrogen-bond acceptors (Lipinski definition) is 3. The molecule has 0 heterocycles. The van der Waals surface area contributed by atoms with Crippen molar-refractivity contribution in [1.82, 2.24) is 5.32 Å². The quantitative estimate of drug-likeness (QED) is 0.893. The number of carboxylic acids is 1. The Kier molecular flexibility index (Phi) is 4.70. The molecule has 0 bridgehead atoms. The molecule has 0 aliphatic rings. The molecule has 0 saturated carbocycles. The maximum Gasteiger partial charge on any atom is 0.408 e. The maximum atomic E-state index is 13.7. The summed E-state index contributed by atoms with van der Waals surface area (Å²) in [7, 11) is 0. The minimum atomic E-state index is -1.16. The molecule has 1 aromatic carbocycles. The number of benzene rings is 1. The maximum absolute atomic E-state index is 13.7. The second-order valence-electron chi connectivity index (χ2n) is 5.41. The van der Waals surface area contributed by atoms with Crippen molar-refractivity contribution in [3.05, 3.63) is 35.1 Å². The molecule has 0 aliphatic carbocycles. The van der Waals surface area contributed by atoms with E-state index < -0.39 is 29.5 Å². The van der Waals surface area contributed by atoms with Gasteiger partial charge in [-0.25, -0.2) is 14.0 Å². The van der Waals surface area contributed by atoms with Gasteiger partial charge in [-0.3, -0.25) is 0 Å². The van der Waals surface area contributed by atoms with Crippen LogP contribution in [-0.4, -0.2) is 22.8 Å². The molecular formula is C14H18FNO4. The number of ether oxygens (including phenoxy) is 1. The largest absolute Gasteiger partial charge is 0.478 e. The Balaban J connectivity index is 2.87. The summed E-state index contributed by atoms with van der Waals surface area (Å²) in [4.78, 5) is 22.5. The van der Waals surface area contributed by atoms with Crippen molar-refractivity contribution >= 4 is 12.1 Å². The highest BCUT2D eigenvalue weighted by atomic mass is 19.1. The van der Waals surface area contributed by atoms with Gasteiger partial charge in [0, 0.05) is 5.56 Å². The minimum absolute atomic E-state index is 0.0424. The van der Waals surface area contributed by atoms with Gasteiger partial charge in [0.25, 0.3) is 0 Å². The molecule has 0 aliphatic heterocycles. The summed E-state index contributed by atoms with van der Waals surface area (Å²) in [6.45, 7) is 6.68. The Morgan fingerprint density at radius 3 is 2.45 bits per heavy atom. The number of alkyl carbamates (subject to hydrolysis) is 1. The number of aromatic carboxylic acids is 1. The average Bonchev–Trinajstić information content (AvgIpc) is 2.26. The van der Waals surface area contributed by atoms with Gasteiger partial charge in [-0.05, 0) is 45.9 Å². The van der Waals surface area contributed by atoms with Crippen LogP contribution in [0.1, 0.15) is 49.7 Å². The Morgan fingerprint density at radius 2 is 1.95 bits per heavy atom. The van der Waals surface area contributed by atoms with Crippen LogP contribution in [0.25, 0.3) is 0 Å². The van der Waals surface area contributed by atoms with Crippen LogP contribution in [0.4, 0.5) is 9.18 Å². The SMILES string of the molecule is CC(NC(=O)OC(C)(C)C)c1cc(C(=O)O)ccc1F. The van der Waals surface area contributed by atoms with E-state index in [0.29, 0.717) is 0 Å². The number of amides is 1. The fourth-order valence-corrected chi connectivity index (χ4v) is 1.57. The zero-order chi connectivity index (χ0) is 15.5. The van der Waals surface area contributed by atoms with E-state index in [1.165, 1.54) is 12.1 Å². The Labute approximate surface area is 116 Å². The molecule has 6 heteroatoms. The topological polar surface area (TPSA) is 75.6 Å². The number of hydrogen-bond donors (Lipinski definition) is 2. The molecular weight excluding hydrogens is 265 g/mol. The zero-order valence-corrected chi connectivity index (χ0v) is 11.9. The standard InChI is InChI=1S/C14H18FNO4/c1-8(16-13(19)20-14(2,3)4)10-7-9(12(17)18)5-6-11(10)15/h5-8H,1-4H3,(H,16,19)(H,17,18). The van der Waals surface area contributed by atoms with Gasteiger partial charge in [-0.15, -0.1) is 0 Å². The Morgan fingerprint density at radius 1 is 1.35 bits per heavy atom. The van der Waals surface area contributed by atoms with E-state index in [4.69, 9.17) is 9.84 Å². The van der Waals surface area contributed by atoms with E-state index in [9.17, 15) is 14.0 Å². The molecule has 1 rings (SSSR count). The van der Waals surface area contributed by atoms with E-state index in [2.05, 4.69) is 5.32 Å². The van der Waals surface area contributed by atoms with Gasteiger partial charge in [-0.2, -0.15) is 0 Å². The molecule has 1 atom stereocenters. The number of rotatable bonds is 3. The monoisotopic (exact) mass is 283 g/mol. The van der Waals surface area contributed by atoms with Crippen LogP contribution >= 0.6 is 0 Å². The molecule has 2 N–H and O–H groups in total. The van der Waals surface area contributed by atoms with Crippen LogP contribution in [0.2, 0.25) is 0 Å². The van der Waals surface area contributed by atoms with Gasteiger partial charge in [0.2, 0.25) is 0 Å². The van der Waals surface area contributed by atoms with Crippen LogP contribution in [0, 0.1) is 5.82 Å². The van der Waals surface area contributed by atoms with Crippen LogP contribution in [0.3, 0.4) is 0 Å². The molecule has 5 nitrogen and oxygen atoms in total. The normalized spacial score (nSPS) is 12.7. The van der Waals surface area contributed by atoms with Gasteiger partial charge >= 0.3 is 12.1 Å². The first kappa shape index (κ1) is 15.9. The third-order valence-electron chi connectivity index (χ3n) is 2.44. The lowest BCUT2D eigenvalue weighted by Gasteiger charge is -2.22. The third kappa shape index (κ3) is 4.53. The van der Waals surface area contributed by atoms with E-state index in [1.54, 1.807) is 27.7 Å². The van der Waals surface area contributed by atoms with Crippen molar-refractivity contribution < 1.29 is 23.8 Å². The fourth-order valence-electron chi connectivity index (χ4n) is 1.57. The molecule has 0 radical (unpaired) electrons. The zero-order valence-electron chi connectivity index (χ0n) is 11.9. The summed E-state index contributed by atoms with van der Waals surface area (Å²) in [6.07, 6.45) is -0.690. The fraction of sp³-hybridized carbons (Fsp3) is 0.429. The minimum Gasteiger partial charge on any atom is -0.478 e. The van der Waals surface area contributed by atoms with Gasteiger partial charge < -0.3 is 15.2 Å². The van der Waals surface area contributed by atoms with Gasteiger partial charge in [0.1, 0.15) is 11.4 Å². The number of carbonyl (C=O) groups excluding carboxylic acids is 1. The van der Waals surface area contributed by atoms with E-state index in [-0.39, 0.29) is 11.1 Å². The second kappa shape index (κ2) is 5.90. The highest BCUT2D eigenvalue weighted by Gasteiger charge is 2.20. The van der Waals surface area contributed by atoms with Crippen molar-refractivity contribution in [3.8, 4) is 0 Å². The first-order valence-corrected chi connectivity index (χ1v) is 6.12. The number of carbonyl (C=O) groups is 2. The van der Waals surface area contributed by atoms with Crippen LogP contribution in [0.15, 0.2) is 18.2 Å². The van der Waals surface area contributed by atoms with Crippen molar-refractivity contribution in [2.45, 2.75) is 39.3 Å². The third-order valence-corrected chi connectivity index (χ3v) is 2.44. The molecule has 110 valence electrons. The molecule has 1 amide bonds. The van der Waals surface area contributed by atoms with Crippen molar-refractivity contribution in [2.75, 3.05) is 0 Å². The van der Waals surface area contributed by atoms with Crippen molar-refractivity contribution in [2.24, 2.45) is 0 Å². The molecule has 0 spiro atoms. The lowest BCUT2D eigenvalue weighted by molar-refractivity contribution is 0.0507. The van der Waals surface area contributed by atoms with E-state index in [1.807, 2.05) is 0 Å². The Bertz CT molecular complexity index is 522. The molecule has 20 heavy (non-hydrogen) atoms. The molecule has 1 aromatic rings. The van der Waals surface area contributed by atoms with Crippen LogP contribution in [-0.2, 0) is 4.74 Å². The molecule has 1 unspecified atom stereocenters. The van der Waals surface area contributed by atoms with Gasteiger partial charge in [0.05, 0.1) is 11.6 Å². The number of nitrogens with one attached hydrogen (secondary N) is 1. The average molecular weight is 283 g/mol. The number of carboxylic acid groups (broad SMARTS) is 1. The first-order chi connectivity index (χ1) is 9.10. The molecule has 0 saturated heterocycles. The second-order valence-corrected chi connectivity index (χ2v) is 5.41. The first-order valence-electron chi connectivity index (χ1n) is 6.12. The van der Waals surface area contributed by atoms with Crippen molar-refractivity contribution in [1.29, 1.82) is 0 Å². The predicted molar refractivity (Wildman–Crippen MR) is 71.1 cm³/mol. The molecule has 0 aromatic heterocycles. The summed E-state index contributed by atoms with van der Waals surface area (Å²) < 4.78 is 18.7. The summed E-state index contributed by atoms with van der Waals surface area (Å²) in [5, 5.41) is 11.3. The summed E-state index contributed by atoms with van der Waals surface area (Å²) in [5.41, 5.74) is -0.611. The summed E-state index contributed by atoms with van der Waals surface area (Å²) in [6, 6.07) is 2.72. The van der Waals surface area contributed by atoms with Crippen molar-refractivity contribution in [3.63, 3.8) is 0 Å². The van der Waals surface area contributed by atoms with Crippen LogP contribution < -0.4 is 5.32 Å². The van der Waals surface area contributed by atoms with Crippen LogP contribution in [0.5, 0.6) is 0 Å².